The number of piperidine rings is 1. The average molecular weight is 392 g/mol. The Morgan fingerprint density at radius 3 is 1.96 bits per heavy atom. The number of piperazine rings is 1. The van der Waals surface area contributed by atoms with Crippen LogP contribution in [-0.4, -0.2) is 74.1 Å². The van der Waals surface area contributed by atoms with E-state index < -0.39 is 0 Å². The first-order chi connectivity index (χ1) is 13.5. The van der Waals surface area contributed by atoms with Crippen LogP contribution in [0.2, 0.25) is 0 Å². The van der Waals surface area contributed by atoms with Gasteiger partial charge in [-0.3, -0.25) is 0 Å². The monoisotopic (exact) mass is 391 g/mol. The van der Waals surface area contributed by atoms with Crippen LogP contribution in [-0.2, 0) is 0 Å². The summed E-state index contributed by atoms with van der Waals surface area (Å²) >= 11 is 0. The molecule has 0 unspecified atom stereocenters. The van der Waals surface area contributed by atoms with Crippen LogP contribution < -0.4 is 0 Å². The lowest BCUT2D eigenvalue weighted by molar-refractivity contribution is -0.0334. The maximum atomic E-state index is 2.84. The maximum absolute atomic E-state index is 2.84. The first kappa shape index (κ1) is 22.6. The molecule has 0 aromatic rings. The minimum absolute atomic E-state index is 0.734. The molecule has 164 valence electrons. The lowest BCUT2D eigenvalue weighted by atomic mass is 9.57. The highest BCUT2D eigenvalue weighted by molar-refractivity contribution is 5.01. The van der Waals surface area contributed by atoms with Crippen LogP contribution in [0.15, 0.2) is 0 Å². The van der Waals surface area contributed by atoms with Gasteiger partial charge in [0.15, 0.2) is 0 Å². The molecular formula is C25H49N3. The van der Waals surface area contributed by atoms with Gasteiger partial charge in [0.05, 0.1) is 0 Å². The van der Waals surface area contributed by atoms with E-state index in [1.807, 2.05) is 13.8 Å². The van der Waals surface area contributed by atoms with Crippen molar-refractivity contribution in [2.45, 2.75) is 79.1 Å². The molecule has 3 nitrogen and oxygen atoms in total. The molecule has 3 heteroatoms. The van der Waals surface area contributed by atoms with Crippen molar-refractivity contribution in [3.63, 3.8) is 0 Å². The molecule has 0 aromatic carbocycles. The van der Waals surface area contributed by atoms with Crippen molar-refractivity contribution in [3.8, 4) is 0 Å². The summed E-state index contributed by atoms with van der Waals surface area (Å²) in [6.07, 6.45) is 12.0. The lowest BCUT2D eigenvalue weighted by Crippen LogP contribution is -2.52. The van der Waals surface area contributed by atoms with E-state index >= 15 is 0 Å². The zero-order valence-corrected chi connectivity index (χ0v) is 19.8. The topological polar surface area (TPSA) is 9.72 Å². The summed E-state index contributed by atoms with van der Waals surface area (Å²) in [4.78, 5) is 8.05. The van der Waals surface area contributed by atoms with Gasteiger partial charge < -0.3 is 14.7 Å². The molecule has 0 amide bonds. The van der Waals surface area contributed by atoms with Crippen LogP contribution in [0, 0.1) is 22.7 Å². The Morgan fingerprint density at radius 2 is 1.43 bits per heavy atom. The van der Waals surface area contributed by atoms with Gasteiger partial charge in [0.1, 0.15) is 0 Å². The van der Waals surface area contributed by atoms with Crippen molar-refractivity contribution in [2.24, 2.45) is 22.7 Å². The maximum Gasteiger partial charge on any atom is 0.0110 e. The van der Waals surface area contributed by atoms with Crippen molar-refractivity contribution in [2.75, 3.05) is 59.4 Å². The largest absolute Gasteiger partial charge is 0.304 e. The summed E-state index contributed by atoms with van der Waals surface area (Å²) in [7, 11) is 2.26. The zero-order chi connectivity index (χ0) is 20.2. The van der Waals surface area contributed by atoms with Crippen LogP contribution in [0.5, 0.6) is 0 Å². The second-order valence-electron chi connectivity index (χ2n) is 11.1. The minimum Gasteiger partial charge on any atom is -0.304 e. The molecule has 28 heavy (non-hydrogen) atoms. The lowest BCUT2D eigenvalue weighted by Gasteiger charge is -2.54. The second-order valence-corrected chi connectivity index (χ2v) is 11.1. The average Bonchev–Trinajstić information content (AvgIpc) is 3.44. The Bertz CT molecular complexity index is 446. The van der Waals surface area contributed by atoms with Gasteiger partial charge in [0.25, 0.3) is 0 Å². The summed E-state index contributed by atoms with van der Waals surface area (Å²) in [6.45, 7) is 19.5. The molecule has 1 spiro atoms. The number of hydrogen-bond acceptors (Lipinski definition) is 3. The van der Waals surface area contributed by atoms with E-state index in [2.05, 4.69) is 35.6 Å². The molecule has 0 aromatic heterocycles. The predicted octanol–water partition coefficient (Wildman–Crippen LogP) is 4.97. The third-order valence-electron chi connectivity index (χ3n) is 8.24. The molecule has 2 saturated carbocycles. The molecule has 4 aliphatic rings. The Balaban J connectivity index is 0.00000109. The predicted molar refractivity (Wildman–Crippen MR) is 122 cm³/mol. The third-order valence-corrected chi connectivity index (χ3v) is 8.24. The van der Waals surface area contributed by atoms with E-state index in [0.717, 1.165) is 22.7 Å². The standard InChI is InChI=1S/C23H43N3.C2H6/c1-20(2)4-5-22(6-7-22)19-26-10-8-23(9-11-26)16-21(17-23)18-25-14-12-24(3)13-15-25;1-2/h20-21H,4-19H2,1-3H3;1-2H3. The fraction of sp³-hybridized carbons (Fsp3) is 1.00. The molecule has 0 bridgehead atoms. The summed E-state index contributed by atoms with van der Waals surface area (Å²) in [6, 6.07) is 0. The molecule has 2 aliphatic heterocycles. The van der Waals surface area contributed by atoms with E-state index in [-0.39, 0.29) is 0 Å². The van der Waals surface area contributed by atoms with E-state index in [9.17, 15) is 0 Å². The smallest absolute Gasteiger partial charge is 0.0110 e. The van der Waals surface area contributed by atoms with Crippen molar-refractivity contribution >= 4 is 0 Å². The normalized spacial score (nSPS) is 28.1. The number of rotatable bonds is 7. The highest BCUT2D eigenvalue weighted by Crippen LogP contribution is 2.55. The van der Waals surface area contributed by atoms with Crippen molar-refractivity contribution < 1.29 is 0 Å². The quantitative estimate of drug-likeness (QED) is 0.607. The van der Waals surface area contributed by atoms with Gasteiger partial charge in [-0.2, -0.15) is 0 Å². The number of likely N-dealkylation sites (tertiary alicyclic amines) is 1. The molecule has 4 rings (SSSR count). The highest BCUT2D eigenvalue weighted by Gasteiger charge is 2.48. The molecule has 4 fully saturated rings. The summed E-state index contributed by atoms with van der Waals surface area (Å²) in [5, 5.41) is 0. The molecule has 0 atom stereocenters. The summed E-state index contributed by atoms with van der Waals surface area (Å²) in [5.41, 5.74) is 1.49. The van der Waals surface area contributed by atoms with Gasteiger partial charge in [-0.25, -0.2) is 0 Å². The fourth-order valence-corrected chi connectivity index (χ4v) is 6.02. The van der Waals surface area contributed by atoms with E-state index in [1.165, 1.54) is 104 Å². The van der Waals surface area contributed by atoms with E-state index in [0.29, 0.717) is 0 Å². The Hall–Kier alpha value is -0.120. The van der Waals surface area contributed by atoms with Gasteiger partial charge in [-0.05, 0) is 87.7 Å². The SMILES string of the molecule is CC.CC(C)CCC1(CN2CCC3(CC2)CC(CN2CCN(C)CC2)C3)CC1. The number of nitrogens with zero attached hydrogens (tertiary/aromatic N) is 3. The van der Waals surface area contributed by atoms with Crippen LogP contribution >= 0.6 is 0 Å². The zero-order valence-electron chi connectivity index (χ0n) is 19.8. The number of likely N-dealkylation sites (N-methyl/N-ethyl adjacent to an activating group) is 1. The molecule has 0 radical (unpaired) electrons. The molecule has 2 saturated heterocycles. The van der Waals surface area contributed by atoms with Crippen molar-refractivity contribution in [1.29, 1.82) is 0 Å². The Morgan fingerprint density at radius 1 is 0.821 bits per heavy atom. The van der Waals surface area contributed by atoms with Crippen LogP contribution in [0.1, 0.15) is 79.1 Å². The van der Waals surface area contributed by atoms with E-state index in [1.54, 1.807) is 0 Å². The van der Waals surface area contributed by atoms with Crippen molar-refractivity contribution in [1.82, 2.24) is 14.7 Å². The third kappa shape index (κ3) is 5.95. The Labute approximate surface area is 176 Å². The van der Waals surface area contributed by atoms with Gasteiger partial charge in [-0.15, -0.1) is 0 Å². The molecule has 0 N–H and O–H groups in total. The summed E-state index contributed by atoms with van der Waals surface area (Å²) < 4.78 is 0. The van der Waals surface area contributed by atoms with Crippen molar-refractivity contribution in [3.05, 3.63) is 0 Å². The molecular weight excluding hydrogens is 342 g/mol. The van der Waals surface area contributed by atoms with Crippen LogP contribution in [0.3, 0.4) is 0 Å². The Kier molecular flexibility index (Phi) is 7.89. The second kappa shape index (κ2) is 9.79. The number of hydrogen-bond donors (Lipinski definition) is 0. The van der Waals surface area contributed by atoms with Gasteiger partial charge in [0.2, 0.25) is 0 Å². The molecule has 2 heterocycles. The van der Waals surface area contributed by atoms with Crippen LogP contribution in [0.4, 0.5) is 0 Å². The van der Waals surface area contributed by atoms with Gasteiger partial charge in [0, 0.05) is 39.3 Å². The molecule has 2 aliphatic carbocycles. The first-order valence-electron chi connectivity index (χ1n) is 12.6. The van der Waals surface area contributed by atoms with Crippen LogP contribution in [0.25, 0.3) is 0 Å². The van der Waals surface area contributed by atoms with Gasteiger partial charge >= 0.3 is 0 Å². The van der Waals surface area contributed by atoms with Gasteiger partial charge in [-0.1, -0.05) is 34.1 Å². The highest BCUT2D eigenvalue weighted by atomic mass is 15.2. The minimum atomic E-state index is 0.734. The fourth-order valence-electron chi connectivity index (χ4n) is 6.02. The van der Waals surface area contributed by atoms with E-state index in [4.69, 9.17) is 0 Å². The summed E-state index contributed by atoms with van der Waals surface area (Å²) in [5.74, 6) is 1.88. The first-order valence-corrected chi connectivity index (χ1v) is 12.6.